The van der Waals surface area contributed by atoms with Crippen molar-refractivity contribution in [1.29, 1.82) is 0 Å². The molecule has 0 heterocycles. The Morgan fingerprint density at radius 3 is 2.42 bits per heavy atom. The first kappa shape index (κ1) is 17.5. The third-order valence-electron chi connectivity index (χ3n) is 5.24. The Hall–Kier alpha value is -1.27. The first-order valence-corrected chi connectivity index (χ1v) is 10.5. The molecule has 2 fully saturated rings. The Kier molecular flexibility index (Phi) is 4.80. The van der Waals surface area contributed by atoms with E-state index in [1.54, 1.807) is 31.2 Å². The molecule has 4 atom stereocenters. The Balaban J connectivity index is 1.77. The molecule has 3 rings (SSSR count). The Labute approximate surface area is 148 Å². The second kappa shape index (κ2) is 6.56. The van der Waals surface area contributed by atoms with Gasteiger partial charge in [-0.1, -0.05) is 18.0 Å². The molecule has 24 heavy (non-hydrogen) atoms. The number of hydrogen-bond donors (Lipinski definition) is 1. The highest BCUT2D eigenvalue weighted by Crippen LogP contribution is 2.44. The van der Waals surface area contributed by atoms with Gasteiger partial charge >= 0.3 is 0 Å². The number of nitrogens with one attached hydrogen (secondary N) is 1. The summed E-state index contributed by atoms with van der Waals surface area (Å²) in [7, 11) is -3.59. The fourth-order valence-corrected chi connectivity index (χ4v) is 5.42. The summed E-state index contributed by atoms with van der Waals surface area (Å²) in [6, 6.07) is 5.85. The highest BCUT2D eigenvalue weighted by molar-refractivity contribution is 7.92. The molecule has 2 aliphatic rings. The zero-order valence-electron chi connectivity index (χ0n) is 13.9. The van der Waals surface area contributed by atoms with Crippen LogP contribution in [0.1, 0.15) is 32.6 Å². The molecule has 2 saturated carbocycles. The van der Waals surface area contributed by atoms with Crippen LogP contribution in [0.3, 0.4) is 0 Å². The molecular weight excluding hydrogens is 348 g/mol. The van der Waals surface area contributed by atoms with Crippen LogP contribution in [-0.2, 0) is 14.8 Å². The lowest BCUT2D eigenvalue weighted by Crippen LogP contribution is -2.51. The maximum absolute atomic E-state index is 12.7. The molecule has 1 N–H and O–H groups in total. The number of carbonyl (C=O) groups is 1. The molecule has 0 aliphatic heterocycles. The molecule has 2 bridgehead atoms. The maximum atomic E-state index is 12.7. The van der Waals surface area contributed by atoms with Crippen molar-refractivity contribution in [2.45, 2.75) is 44.7 Å². The third kappa shape index (κ3) is 3.54. The van der Waals surface area contributed by atoms with E-state index in [4.69, 9.17) is 11.6 Å². The molecule has 0 spiro atoms. The summed E-state index contributed by atoms with van der Waals surface area (Å²) < 4.78 is 25.6. The van der Waals surface area contributed by atoms with Crippen LogP contribution in [0.15, 0.2) is 24.3 Å². The molecule has 0 unspecified atom stereocenters. The van der Waals surface area contributed by atoms with Crippen molar-refractivity contribution in [1.82, 2.24) is 5.32 Å². The highest BCUT2D eigenvalue weighted by Gasteiger charge is 2.41. The van der Waals surface area contributed by atoms with Crippen molar-refractivity contribution in [3.05, 3.63) is 29.3 Å². The zero-order valence-corrected chi connectivity index (χ0v) is 15.5. The molecule has 0 radical (unpaired) electrons. The monoisotopic (exact) mass is 370 g/mol. The van der Waals surface area contributed by atoms with Crippen molar-refractivity contribution in [3.8, 4) is 0 Å². The Morgan fingerprint density at radius 1 is 1.25 bits per heavy atom. The van der Waals surface area contributed by atoms with Crippen molar-refractivity contribution in [3.63, 3.8) is 0 Å². The van der Waals surface area contributed by atoms with Crippen molar-refractivity contribution in [2.75, 3.05) is 10.6 Å². The lowest BCUT2D eigenvalue weighted by Gasteiger charge is -2.31. The topological polar surface area (TPSA) is 66.5 Å². The summed E-state index contributed by atoms with van der Waals surface area (Å²) in [6.07, 6.45) is 5.74. The van der Waals surface area contributed by atoms with Crippen LogP contribution in [-0.4, -0.2) is 32.7 Å². The van der Waals surface area contributed by atoms with E-state index in [1.165, 1.54) is 12.8 Å². The summed E-state index contributed by atoms with van der Waals surface area (Å²) in [5, 5.41) is 3.59. The van der Waals surface area contributed by atoms with Gasteiger partial charge in [-0.3, -0.25) is 9.10 Å². The number of benzene rings is 1. The van der Waals surface area contributed by atoms with Crippen LogP contribution < -0.4 is 9.62 Å². The second-order valence-corrected chi connectivity index (χ2v) is 9.30. The van der Waals surface area contributed by atoms with Crippen LogP contribution in [0.25, 0.3) is 0 Å². The average Bonchev–Trinajstić information content (AvgIpc) is 3.10. The summed E-state index contributed by atoms with van der Waals surface area (Å²) in [5.41, 5.74) is 0.442. The lowest BCUT2D eigenvalue weighted by atomic mass is 9.95. The number of amides is 1. The van der Waals surface area contributed by atoms with Gasteiger partial charge in [-0.05, 0) is 62.3 Å². The number of sulfonamides is 1. The largest absolute Gasteiger partial charge is 0.351 e. The van der Waals surface area contributed by atoms with Crippen LogP contribution in [0, 0.1) is 11.8 Å². The van der Waals surface area contributed by atoms with Gasteiger partial charge in [0.05, 0.1) is 11.9 Å². The van der Waals surface area contributed by atoms with Gasteiger partial charge in [-0.15, -0.1) is 0 Å². The second-order valence-electron chi connectivity index (χ2n) is 7.00. The third-order valence-corrected chi connectivity index (χ3v) is 6.73. The van der Waals surface area contributed by atoms with Crippen molar-refractivity contribution < 1.29 is 13.2 Å². The van der Waals surface area contributed by atoms with Gasteiger partial charge in [-0.2, -0.15) is 0 Å². The number of anilines is 1. The number of rotatable bonds is 5. The van der Waals surface area contributed by atoms with Crippen LogP contribution >= 0.6 is 11.6 Å². The summed E-state index contributed by atoms with van der Waals surface area (Å²) in [6.45, 7) is 1.62. The maximum Gasteiger partial charge on any atom is 0.243 e. The van der Waals surface area contributed by atoms with Crippen LogP contribution in [0.4, 0.5) is 5.69 Å². The molecule has 1 aromatic rings. The van der Waals surface area contributed by atoms with E-state index in [9.17, 15) is 13.2 Å². The molecule has 2 aliphatic carbocycles. The number of hydrogen-bond acceptors (Lipinski definition) is 3. The van der Waals surface area contributed by atoms with E-state index < -0.39 is 16.1 Å². The normalized spacial score (nSPS) is 27.0. The fourth-order valence-electron chi connectivity index (χ4n) is 4.12. The van der Waals surface area contributed by atoms with Gasteiger partial charge in [0.2, 0.25) is 15.9 Å². The number of carbonyl (C=O) groups excluding carboxylic acids is 1. The van der Waals surface area contributed by atoms with E-state index in [2.05, 4.69) is 5.32 Å². The van der Waals surface area contributed by atoms with Gasteiger partial charge in [0.15, 0.2) is 0 Å². The van der Waals surface area contributed by atoms with Gasteiger partial charge in [0, 0.05) is 11.1 Å². The van der Waals surface area contributed by atoms with Crippen molar-refractivity contribution in [2.24, 2.45) is 11.8 Å². The van der Waals surface area contributed by atoms with E-state index in [-0.39, 0.29) is 11.9 Å². The molecule has 1 amide bonds. The first-order chi connectivity index (χ1) is 11.3. The number of nitrogens with zero attached hydrogens (tertiary/aromatic N) is 1. The molecule has 5 nitrogen and oxygen atoms in total. The van der Waals surface area contributed by atoms with Gasteiger partial charge in [0.25, 0.3) is 0 Å². The minimum atomic E-state index is -3.59. The van der Waals surface area contributed by atoms with Crippen molar-refractivity contribution >= 4 is 33.2 Å². The van der Waals surface area contributed by atoms with E-state index in [0.29, 0.717) is 16.6 Å². The summed E-state index contributed by atoms with van der Waals surface area (Å²) >= 11 is 5.87. The number of halogens is 1. The summed E-state index contributed by atoms with van der Waals surface area (Å²) in [5.74, 6) is 1.03. The van der Waals surface area contributed by atoms with Crippen LogP contribution in [0.2, 0.25) is 5.02 Å². The Bertz CT molecular complexity index is 720. The zero-order chi connectivity index (χ0) is 17.5. The fraction of sp³-hybridized carbons (Fsp3) is 0.588. The quantitative estimate of drug-likeness (QED) is 0.866. The predicted molar refractivity (Wildman–Crippen MR) is 95.6 cm³/mol. The molecular formula is C17H23ClN2O3S. The predicted octanol–water partition coefficient (Wildman–Crippen LogP) is 2.80. The summed E-state index contributed by atoms with van der Waals surface area (Å²) in [4.78, 5) is 12.7. The average molecular weight is 371 g/mol. The van der Waals surface area contributed by atoms with Gasteiger partial charge in [0.1, 0.15) is 6.04 Å². The minimum absolute atomic E-state index is 0.185. The van der Waals surface area contributed by atoms with E-state index in [1.807, 2.05) is 0 Å². The molecule has 1 aromatic carbocycles. The van der Waals surface area contributed by atoms with E-state index >= 15 is 0 Å². The lowest BCUT2D eigenvalue weighted by molar-refractivity contribution is -0.122. The van der Waals surface area contributed by atoms with E-state index in [0.717, 1.165) is 29.3 Å². The molecule has 7 heteroatoms. The highest BCUT2D eigenvalue weighted by atomic mass is 35.5. The SMILES string of the molecule is C[C@H](C(=O)N[C@@H]1C[C@H]2CC[C@H]1C2)N(c1ccc(Cl)cc1)S(C)(=O)=O. The standard InChI is InChI=1S/C17H23ClN2O3S/c1-11(17(21)19-16-10-12-3-4-13(16)9-12)20(24(2,22)23)15-7-5-14(18)6-8-15/h5-8,11-13,16H,3-4,9-10H2,1-2H3,(H,19,21)/t11-,12+,13+,16-/m1/s1. The van der Waals surface area contributed by atoms with Gasteiger partial charge in [-0.25, -0.2) is 8.42 Å². The molecule has 0 saturated heterocycles. The van der Waals surface area contributed by atoms with Crippen LogP contribution in [0.5, 0.6) is 0 Å². The minimum Gasteiger partial charge on any atom is -0.351 e. The smallest absolute Gasteiger partial charge is 0.243 e. The molecule has 0 aromatic heterocycles. The Morgan fingerprint density at radius 2 is 1.92 bits per heavy atom. The number of fused-ring (bicyclic) bond motifs is 2. The van der Waals surface area contributed by atoms with Gasteiger partial charge < -0.3 is 5.32 Å². The first-order valence-electron chi connectivity index (χ1n) is 8.31. The molecule has 132 valence electrons.